The van der Waals surface area contributed by atoms with Crippen molar-refractivity contribution in [2.24, 2.45) is 0 Å². The van der Waals surface area contributed by atoms with Crippen LogP contribution in [0.3, 0.4) is 0 Å². The second-order valence-corrected chi connectivity index (χ2v) is 2.81. The van der Waals surface area contributed by atoms with Gasteiger partial charge in [-0.3, -0.25) is 0 Å². The maximum atomic E-state index is 3.98. The molecule has 0 atom stereocenters. The first kappa shape index (κ1) is 8.42. The molecule has 0 unspecified atom stereocenters. The van der Waals surface area contributed by atoms with Crippen molar-refractivity contribution in [2.45, 2.75) is 6.92 Å². The third kappa shape index (κ3) is 3.29. The number of aromatic nitrogens is 2. The molecule has 0 aliphatic heterocycles. The Morgan fingerprint density at radius 3 is 3.09 bits per heavy atom. The number of hydrogen-bond acceptors (Lipinski definition) is 5. The number of hydrogen-bond donors (Lipinski definition) is 2. The highest BCUT2D eigenvalue weighted by atomic mass is 32.1. The molecule has 1 aromatic heterocycles. The zero-order valence-electron chi connectivity index (χ0n) is 6.50. The first-order chi connectivity index (χ1) is 5.43. The number of likely N-dealkylation sites (N-methyl/N-ethyl adjacent to an activating group) is 1. The molecule has 0 amide bonds. The zero-order chi connectivity index (χ0) is 7.94. The Morgan fingerprint density at radius 2 is 2.45 bits per heavy atom. The van der Waals surface area contributed by atoms with Gasteiger partial charge < -0.3 is 10.6 Å². The number of nitrogens with zero attached hydrogens (tertiary/aromatic N) is 2. The molecule has 1 aromatic rings. The van der Waals surface area contributed by atoms with Crippen molar-refractivity contribution in [3.63, 3.8) is 0 Å². The molecule has 62 valence electrons. The van der Waals surface area contributed by atoms with E-state index < -0.39 is 0 Å². The van der Waals surface area contributed by atoms with Crippen molar-refractivity contribution in [2.75, 3.05) is 25.0 Å². The van der Waals surface area contributed by atoms with Crippen molar-refractivity contribution >= 4 is 16.7 Å². The van der Waals surface area contributed by atoms with Gasteiger partial charge in [0.25, 0.3) is 0 Å². The first-order valence-electron chi connectivity index (χ1n) is 3.64. The number of nitrogens with one attached hydrogen (secondary N) is 2. The summed E-state index contributed by atoms with van der Waals surface area (Å²) in [7, 11) is 0. The molecule has 0 aromatic carbocycles. The summed E-state index contributed by atoms with van der Waals surface area (Å²) in [4.78, 5) is 3.98. The second-order valence-electron chi connectivity index (χ2n) is 2.03. The molecule has 0 radical (unpaired) electrons. The fourth-order valence-electron chi connectivity index (χ4n) is 0.686. The predicted octanol–water partition coefficient (Wildman–Crippen LogP) is 0.559. The highest BCUT2D eigenvalue weighted by Gasteiger charge is 1.91. The second kappa shape index (κ2) is 5.03. The summed E-state index contributed by atoms with van der Waals surface area (Å²) < 4.78 is 3.87. The lowest BCUT2D eigenvalue weighted by Crippen LogP contribution is -2.21. The van der Waals surface area contributed by atoms with Crippen LogP contribution in [0.1, 0.15) is 6.92 Å². The van der Waals surface area contributed by atoms with Gasteiger partial charge in [-0.25, -0.2) is 4.98 Å². The quantitative estimate of drug-likeness (QED) is 0.637. The predicted molar refractivity (Wildman–Crippen MR) is 46.9 cm³/mol. The maximum absolute atomic E-state index is 3.98. The van der Waals surface area contributed by atoms with Crippen LogP contribution in [0.5, 0.6) is 0 Å². The Bertz CT molecular complexity index is 175. The third-order valence-electron chi connectivity index (χ3n) is 1.19. The molecule has 11 heavy (non-hydrogen) atoms. The Morgan fingerprint density at radius 1 is 1.55 bits per heavy atom. The molecular weight excluding hydrogens is 160 g/mol. The molecule has 4 nitrogen and oxygen atoms in total. The van der Waals surface area contributed by atoms with Gasteiger partial charge in [0.1, 0.15) is 6.33 Å². The lowest BCUT2D eigenvalue weighted by Gasteiger charge is -2.00. The van der Waals surface area contributed by atoms with Crippen LogP contribution < -0.4 is 10.6 Å². The van der Waals surface area contributed by atoms with Crippen LogP contribution in [0, 0.1) is 0 Å². The van der Waals surface area contributed by atoms with Crippen LogP contribution in [0.15, 0.2) is 6.33 Å². The average molecular weight is 172 g/mol. The van der Waals surface area contributed by atoms with Gasteiger partial charge in [0.05, 0.1) is 0 Å². The van der Waals surface area contributed by atoms with Gasteiger partial charge in [-0.1, -0.05) is 6.92 Å². The molecule has 0 spiro atoms. The first-order valence-corrected chi connectivity index (χ1v) is 4.42. The van der Waals surface area contributed by atoms with Gasteiger partial charge in [-0.2, -0.15) is 4.37 Å². The summed E-state index contributed by atoms with van der Waals surface area (Å²) in [5.74, 6) is 0. The largest absolute Gasteiger partial charge is 0.359 e. The van der Waals surface area contributed by atoms with Crippen LogP contribution in [-0.4, -0.2) is 29.0 Å². The molecule has 0 fully saturated rings. The Kier molecular flexibility index (Phi) is 3.85. The highest BCUT2D eigenvalue weighted by molar-refractivity contribution is 7.09. The van der Waals surface area contributed by atoms with E-state index in [1.165, 1.54) is 11.5 Å². The molecule has 0 saturated heterocycles. The normalized spacial score (nSPS) is 9.91. The van der Waals surface area contributed by atoms with Gasteiger partial charge in [-0.05, 0) is 6.54 Å². The zero-order valence-corrected chi connectivity index (χ0v) is 7.32. The summed E-state index contributed by atoms with van der Waals surface area (Å²) in [6.07, 6.45) is 1.56. The Hall–Kier alpha value is -0.680. The van der Waals surface area contributed by atoms with Crippen LogP contribution in [0.2, 0.25) is 0 Å². The summed E-state index contributed by atoms with van der Waals surface area (Å²) in [5.41, 5.74) is 0. The van der Waals surface area contributed by atoms with Crippen molar-refractivity contribution in [1.29, 1.82) is 0 Å². The van der Waals surface area contributed by atoms with Crippen molar-refractivity contribution in [3.8, 4) is 0 Å². The summed E-state index contributed by atoms with van der Waals surface area (Å²) in [6, 6.07) is 0. The lowest BCUT2D eigenvalue weighted by atomic mass is 10.6. The van der Waals surface area contributed by atoms with Crippen LogP contribution in [0.4, 0.5) is 5.13 Å². The van der Waals surface area contributed by atoms with Crippen molar-refractivity contribution < 1.29 is 0 Å². The molecule has 1 heterocycles. The third-order valence-corrected chi connectivity index (χ3v) is 1.81. The van der Waals surface area contributed by atoms with Gasteiger partial charge >= 0.3 is 0 Å². The minimum Gasteiger partial charge on any atom is -0.359 e. The van der Waals surface area contributed by atoms with E-state index >= 15 is 0 Å². The molecule has 1 rings (SSSR count). The van der Waals surface area contributed by atoms with Gasteiger partial charge in [0, 0.05) is 24.6 Å². The summed E-state index contributed by atoms with van der Waals surface area (Å²) in [6.45, 7) is 4.97. The summed E-state index contributed by atoms with van der Waals surface area (Å²) >= 11 is 1.38. The van der Waals surface area contributed by atoms with Gasteiger partial charge in [-0.15, -0.1) is 0 Å². The van der Waals surface area contributed by atoms with Crippen LogP contribution >= 0.6 is 11.5 Å². The van der Waals surface area contributed by atoms with Crippen LogP contribution in [0.25, 0.3) is 0 Å². The molecule has 0 aliphatic rings. The number of rotatable bonds is 5. The Balaban J connectivity index is 2.04. The van der Waals surface area contributed by atoms with E-state index in [0.29, 0.717) is 0 Å². The van der Waals surface area contributed by atoms with Gasteiger partial charge in [0.2, 0.25) is 5.13 Å². The smallest absolute Gasteiger partial charge is 0.202 e. The van der Waals surface area contributed by atoms with E-state index in [-0.39, 0.29) is 0 Å². The fourth-order valence-corrected chi connectivity index (χ4v) is 1.14. The minimum absolute atomic E-state index is 0.892. The van der Waals surface area contributed by atoms with E-state index in [4.69, 9.17) is 0 Å². The molecule has 0 saturated carbocycles. The lowest BCUT2D eigenvalue weighted by molar-refractivity contribution is 0.738. The van der Waals surface area contributed by atoms with E-state index in [1.807, 2.05) is 0 Å². The van der Waals surface area contributed by atoms with Gasteiger partial charge in [0.15, 0.2) is 0 Å². The number of anilines is 1. The summed E-state index contributed by atoms with van der Waals surface area (Å²) in [5, 5.41) is 7.24. The standard InChI is InChI=1S/C6H12N4S/c1-2-7-3-4-8-6-9-5-10-11-6/h5,7H,2-4H2,1H3,(H,8,9,10). The van der Waals surface area contributed by atoms with E-state index in [1.54, 1.807) is 6.33 Å². The molecule has 0 aliphatic carbocycles. The van der Waals surface area contributed by atoms with Crippen molar-refractivity contribution in [1.82, 2.24) is 14.7 Å². The molecule has 0 bridgehead atoms. The monoisotopic (exact) mass is 172 g/mol. The highest BCUT2D eigenvalue weighted by Crippen LogP contribution is 2.04. The Labute approximate surface area is 70.2 Å². The average Bonchev–Trinajstić information content (AvgIpc) is 2.50. The molecule has 5 heteroatoms. The van der Waals surface area contributed by atoms with E-state index in [9.17, 15) is 0 Å². The maximum Gasteiger partial charge on any atom is 0.202 e. The topological polar surface area (TPSA) is 49.8 Å². The fraction of sp³-hybridized carbons (Fsp3) is 0.667. The van der Waals surface area contributed by atoms with E-state index in [2.05, 4.69) is 26.9 Å². The van der Waals surface area contributed by atoms with Crippen LogP contribution in [-0.2, 0) is 0 Å². The van der Waals surface area contributed by atoms with E-state index in [0.717, 1.165) is 24.8 Å². The molecular formula is C6H12N4S. The minimum atomic E-state index is 0.892. The molecule has 2 N–H and O–H groups in total. The van der Waals surface area contributed by atoms with Crippen molar-refractivity contribution in [3.05, 3.63) is 6.33 Å². The SMILES string of the molecule is CCNCCNc1ncns1.